The van der Waals surface area contributed by atoms with Crippen LogP contribution in [0.1, 0.15) is 26.2 Å². The average molecular weight is 158 g/mol. The van der Waals surface area contributed by atoms with E-state index in [0.717, 1.165) is 6.42 Å². The number of rotatable bonds is 2. The molecule has 3 heteroatoms. The zero-order valence-electron chi connectivity index (χ0n) is 6.75. The van der Waals surface area contributed by atoms with E-state index in [4.69, 9.17) is 9.84 Å². The number of hydrogen-bond donors (Lipinski definition) is 1. The van der Waals surface area contributed by atoms with Gasteiger partial charge >= 0.3 is 5.97 Å². The normalized spacial score (nSPS) is 31.7. The Balaban J connectivity index is 2.39. The molecule has 1 aliphatic heterocycles. The number of hydrogen-bond acceptors (Lipinski definition) is 2. The van der Waals surface area contributed by atoms with E-state index in [1.807, 2.05) is 6.92 Å². The first kappa shape index (κ1) is 8.53. The maximum Gasteiger partial charge on any atom is 0.306 e. The van der Waals surface area contributed by atoms with Crippen molar-refractivity contribution in [1.29, 1.82) is 0 Å². The third-order valence-electron chi connectivity index (χ3n) is 2.17. The molecule has 0 spiro atoms. The van der Waals surface area contributed by atoms with Gasteiger partial charge in [0.1, 0.15) is 0 Å². The highest BCUT2D eigenvalue weighted by atomic mass is 16.5. The van der Waals surface area contributed by atoms with Crippen molar-refractivity contribution in [2.45, 2.75) is 32.3 Å². The van der Waals surface area contributed by atoms with Crippen LogP contribution in [-0.4, -0.2) is 23.8 Å². The molecule has 0 unspecified atom stereocenters. The Morgan fingerprint density at radius 2 is 2.45 bits per heavy atom. The van der Waals surface area contributed by atoms with E-state index in [1.165, 1.54) is 0 Å². The molecule has 1 aliphatic rings. The molecule has 1 N–H and O–H groups in total. The molecule has 0 bridgehead atoms. The molecule has 0 aromatic heterocycles. The summed E-state index contributed by atoms with van der Waals surface area (Å²) in [6, 6.07) is 0. The van der Waals surface area contributed by atoms with Gasteiger partial charge in [-0.2, -0.15) is 0 Å². The predicted molar refractivity (Wildman–Crippen MR) is 40.4 cm³/mol. The maximum absolute atomic E-state index is 10.6. The average Bonchev–Trinajstić information content (AvgIpc) is 2.05. The van der Waals surface area contributed by atoms with Crippen molar-refractivity contribution in [1.82, 2.24) is 0 Å². The van der Waals surface area contributed by atoms with Crippen molar-refractivity contribution < 1.29 is 14.6 Å². The Hall–Kier alpha value is -0.570. The SMILES string of the molecule is CC[C@H]1C[C@@H](C(=O)O)CCO1. The summed E-state index contributed by atoms with van der Waals surface area (Å²) >= 11 is 0. The van der Waals surface area contributed by atoms with Gasteiger partial charge < -0.3 is 9.84 Å². The van der Waals surface area contributed by atoms with Crippen molar-refractivity contribution in [3.8, 4) is 0 Å². The summed E-state index contributed by atoms with van der Waals surface area (Å²) in [7, 11) is 0. The molecule has 1 heterocycles. The molecule has 1 fully saturated rings. The summed E-state index contributed by atoms with van der Waals surface area (Å²) in [6.07, 6.45) is 2.45. The van der Waals surface area contributed by atoms with Crippen LogP contribution in [0.25, 0.3) is 0 Å². The molecule has 11 heavy (non-hydrogen) atoms. The Bertz CT molecular complexity index is 144. The molecule has 64 valence electrons. The van der Waals surface area contributed by atoms with E-state index in [-0.39, 0.29) is 12.0 Å². The van der Waals surface area contributed by atoms with Crippen LogP contribution in [0.3, 0.4) is 0 Å². The lowest BCUT2D eigenvalue weighted by Gasteiger charge is -2.25. The van der Waals surface area contributed by atoms with E-state index in [9.17, 15) is 4.79 Å². The lowest BCUT2D eigenvalue weighted by atomic mass is 9.95. The second kappa shape index (κ2) is 3.72. The molecule has 0 amide bonds. The Morgan fingerprint density at radius 3 is 3.00 bits per heavy atom. The standard InChI is InChI=1S/C8H14O3/c1-2-7-5-6(8(9)10)3-4-11-7/h6-7H,2-5H2,1H3,(H,9,10)/t6-,7-/m0/s1. The predicted octanol–water partition coefficient (Wildman–Crippen LogP) is 1.28. The van der Waals surface area contributed by atoms with Gasteiger partial charge in [-0.1, -0.05) is 6.92 Å². The lowest BCUT2D eigenvalue weighted by Crippen LogP contribution is -2.29. The number of ether oxygens (including phenoxy) is 1. The van der Waals surface area contributed by atoms with Crippen molar-refractivity contribution in [2.75, 3.05) is 6.61 Å². The van der Waals surface area contributed by atoms with Crippen molar-refractivity contribution >= 4 is 5.97 Å². The molecular weight excluding hydrogens is 144 g/mol. The minimum Gasteiger partial charge on any atom is -0.481 e. The second-order valence-electron chi connectivity index (χ2n) is 2.96. The molecule has 0 aromatic carbocycles. The smallest absolute Gasteiger partial charge is 0.306 e. The van der Waals surface area contributed by atoms with Gasteiger partial charge in [-0.05, 0) is 19.3 Å². The van der Waals surface area contributed by atoms with E-state index in [1.54, 1.807) is 0 Å². The Kier molecular flexibility index (Phi) is 2.88. The van der Waals surface area contributed by atoms with Crippen LogP contribution in [0.2, 0.25) is 0 Å². The van der Waals surface area contributed by atoms with Crippen molar-refractivity contribution in [2.24, 2.45) is 5.92 Å². The second-order valence-corrected chi connectivity index (χ2v) is 2.96. The molecular formula is C8H14O3. The molecule has 2 atom stereocenters. The Morgan fingerprint density at radius 1 is 1.73 bits per heavy atom. The summed E-state index contributed by atoms with van der Waals surface area (Å²) in [5.74, 6) is -0.847. The fourth-order valence-electron chi connectivity index (χ4n) is 1.39. The summed E-state index contributed by atoms with van der Waals surface area (Å²) in [5.41, 5.74) is 0. The van der Waals surface area contributed by atoms with Crippen LogP contribution < -0.4 is 0 Å². The van der Waals surface area contributed by atoms with Crippen molar-refractivity contribution in [3.05, 3.63) is 0 Å². The largest absolute Gasteiger partial charge is 0.481 e. The molecule has 1 saturated heterocycles. The minimum absolute atomic E-state index is 0.171. The zero-order valence-corrected chi connectivity index (χ0v) is 6.75. The van der Waals surface area contributed by atoms with Crippen molar-refractivity contribution in [3.63, 3.8) is 0 Å². The lowest BCUT2D eigenvalue weighted by molar-refractivity contribution is -0.147. The number of aliphatic carboxylic acids is 1. The van der Waals surface area contributed by atoms with Gasteiger partial charge in [-0.15, -0.1) is 0 Å². The van der Waals surface area contributed by atoms with Crippen LogP contribution in [0.4, 0.5) is 0 Å². The summed E-state index contributed by atoms with van der Waals surface area (Å²) in [5, 5.41) is 8.70. The van der Waals surface area contributed by atoms with Crippen LogP contribution in [0.5, 0.6) is 0 Å². The third-order valence-corrected chi connectivity index (χ3v) is 2.17. The molecule has 0 aromatic rings. The van der Waals surface area contributed by atoms with Gasteiger partial charge in [-0.3, -0.25) is 4.79 Å². The zero-order chi connectivity index (χ0) is 8.27. The van der Waals surface area contributed by atoms with Gasteiger partial charge in [-0.25, -0.2) is 0 Å². The maximum atomic E-state index is 10.6. The highest BCUT2D eigenvalue weighted by Crippen LogP contribution is 2.21. The number of carboxylic acid groups (broad SMARTS) is 1. The highest BCUT2D eigenvalue weighted by Gasteiger charge is 2.26. The van der Waals surface area contributed by atoms with E-state index < -0.39 is 5.97 Å². The summed E-state index contributed by atoms with van der Waals surface area (Å²) < 4.78 is 5.34. The van der Waals surface area contributed by atoms with Gasteiger partial charge in [0.2, 0.25) is 0 Å². The third kappa shape index (κ3) is 2.19. The number of carbonyl (C=O) groups is 1. The first-order valence-electron chi connectivity index (χ1n) is 4.08. The van der Waals surface area contributed by atoms with Crippen LogP contribution in [0.15, 0.2) is 0 Å². The topological polar surface area (TPSA) is 46.5 Å². The number of carboxylic acids is 1. The van der Waals surface area contributed by atoms with Gasteiger partial charge in [0.05, 0.1) is 12.0 Å². The quantitative estimate of drug-likeness (QED) is 0.658. The molecule has 0 radical (unpaired) electrons. The van der Waals surface area contributed by atoms with Crippen LogP contribution >= 0.6 is 0 Å². The van der Waals surface area contributed by atoms with Crippen LogP contribution in [0, 0.1) is 5.92 Å². The monoisotopic (exact) mass is 158 g/mol. The molecule has 0 saturated carbocycles. The van der Waals surface area contributed by atoms with Crippen LogP contribution in [-0.2, 0) is 9.53 Å². The van der Waals surface area contributed by atoms with E-state index in [2.05, 4.69) is 0 Å². The van der Waals surface area contributed by atoms with E-state index in [0.29, 0.717) is 19.4 Å². The molecule has 0 aliphatic carbocycles. The fourth-order valence-corrected chi connectivity index (χ4v) is 1.39. The fraction of sp³-hybridized carbons (Fsp3) is 0.875. The molecule has 3 nitrogen and oxygen atoms in total. The summed E-state index contributed by atoms with van der Waals surface area (Å²) in [6.45, 7) is 2.63. The molecule has 1 rings (SSSR count). The summed E-state index contributed by atoms with van der Waals surface area (Å²) in [4.78, 5) is 10.6. The first-order chi connectivity index (χ1) is 5.24. The highest BCUT2D eigenvalue weighted by molar-refractivity contribution is 5.70. The van der Waals surface area contributed by atoms with Gasteiger partial charge in [0, 0.05) is 6.61 Å². The van der Waals surface area contributed by atoms with Gasteiger partial charge in [0.15, 0.2) is 0 Å². The Labute approximate surface area is 66.4 Å². The van der Waals surface area contributed by atoms with Gasteiger partial charge in [0.25, 0.3) is 0 Å². The first-order valence-corrected chi connectivity index (χ1v) is 4.08. The minimum atomic E-state index is -0.674. The van der Waals surface area contributed by atoms with E-state index >= 15 is 0 Å².